The van der Waals surface area contributed by atoms with Gasteiger partial charge in [-0.05, 0) is 48.6 Å². The number of carbonyl (C=O) groups is 2. The first kappa shape index (κ1) is 21.4. The number of hydrogen-bond acceptors (Lipinski definition) is 5. The molecule has 2 aromatic heterocycles. The Balaban J connectivity index is 1.25. The molecule has 2 aliphatic heterocycles. The Labute approximate surface area is 190 Å². The number of amides is 2. The van der Waals surface area contributed by atoms with Gasteiger partial charge >= 0.3 is 6.09 Å². The van der Waals surface area contributed by atoms with E-state index >= 15 is 0 Å². The Bertz CT molecular complexity index is 1330. The molecule has 4 heterocycles. The highest BCUT2D eigenvalue weighted by atomic mass is 32.2. The van der Waals surface area contributed by atoms with Gasteiger partial charge in [-0.2, -0.15) is 4.31 Å². The molecule has 0 unspecified atom stereocenters. The van der Waals surface area contributed by atoms with Gasteiger partial charge in [0.1, 0.15) is 5.65 Å². The predicted molar refractivity (Wildman–Crippen MR) is 118 cm³/mol. The summed E-state index contributed by atoms with van der Waals surface area (Å²) in [6.45, 7) is 0.745. The molecule has 2 bridgehead atoms. The number of carbonyl (C=O) groups excluding carboxylic acids is 1. The summed E-state index contributed by atoms with van der Waals surface area (Å²) in [5, 5.41) is 14.1. The molecule has 3 N–H and O–H groups in total. The molecule has 2 saturated heterocycles. The molecule has 1 saturated carbocycles. The molecule has 33 heavy (non-hydrogen) atoms. The standard InChI is InChI=1S/C22H23N5O5S/c28-20(17-3-6-19-23-7-8-26(19)13-17)24-11-15-1-4-18(5-2-15)33(31,32)27-12-16-9-22(27,10-16)14-25-21(29)30/h1-8,13,16,25H,9-12,14H2,(H,24,28)(H,29,30). The molecule has 3 aliphatic rings. The third-order valence-electron chi connectivity index (χ3n) is 6.47. The number of pyridine rings is 1. The van der Waals surface area contributed by atoms with Crippen LogP contribution in [0.3, 0.4) is 0 Å². The number of rotatable bonds is 7. The summed E-state index contributed by atoms with van der Waals surface area (Å²) < 4.78 is 29.7. The van der Waals surface area contributed by atoms with Crippen LogP contribution in [-0.4, -0.2) is 57.8 Å². The van der Waals surface area contributed by atoms with Crippen LogP contribution in [0.2, 0.25) is 0 Å². The van der Waals surface area contributed by atoms with Gasteiger partial charge in [-0.25, -0.2) is 18.2 Å². The zero-order valence-electron chi connectivity index (χ0n) is 17.6. The highest BCUT2D eigenvalue weighted by Gasteiger charge is 2.60. The molecule has 3 fully saturated rings. The average molecular weight is 470 g/mol. The van der Waals surface area contributed by atoms with E-state index in [1.54, 1.807) is 47.3 Å². The topological polar surface area (TPSA) is 133 Å². The predicted octanol–water partition coefficient (Wildman–Crippen LogP) is 1.68. The Morgan fingerprint density at radius 2 is 1.88 bits per heavy atom. The molecule has 10 nitrogen and oxygen atoms in total. The van der Waals surface area contributed by atoms with Crippen LogP contribution in [0.25, 0.3) is 5.65 Å². The Morgan fingerprint density at radius 3 is 2.61 bits per heavy atom. The van der Waals surface area contributed by atoms with Gasteiger partial charge in [-0.1, -0.05) is 12.1 Å². The average Bonchev–Trinajstić information content (AvgIpc) is 3.49. The number of aromatic nitrogens is 2. The number of hydrogen-bond donors (Lipinski definition) is 3. The third-order valence-corrected chi connectivity index (χ3v) is 8.46. The van der Waals surface area contributed by atoms with Crippen LogP contribution in [0.4, 0.5) is 4.79 Å². The summed E-state index contributed by atoms with van der Waals surface area (Å²) in [4.78, 5) is 27.7. The molecule has 0 spiro atoms. The fourth-order valence-corrected chi connectivity index (χ4v) is 6.71. The van der Waals surface area contributed by atoms with Crippen molar-refractivity contribution in [3.63, 3.8) is 0 Å². The molecule has 11 heteroatoms. The molecule has 2 amide bonds. The first-order valence-corrected chi connectivity index (χ1v) is 12.0. The van der Waals surface area contributed by atoms with E-state index in [0.29, 0.717) is 24.9 Å². The molecule has 1 aromatic carbocycles. The molecular formula is C22H23N5O5S. The van der Waals surface area contributed by atoms with Gasteiger partial charge < -0.3 is 20.1 Å². The summed E-state index contributed by atoms with van der Waals surface area (Å²) in [6, 6.07) is 9.87. The van der Waals surface area contributed by atoms with Gasteiger partial charge in [0.15, 0.2) is 0 Å². The molecule has 0 atom stereocenters. The van der Waals surface area contributed by atoms with Gasteiger partial charge in [0.25, 0.3) is 5.91 Å². The van der Waals surface area contributed by atoms with E-state index in [9.17, 15) is 18.0 Å². The Morgan fingerprint density at radius 1 is 1.12 bits per heavy atom. The van der Waals surface area contributed by atoms with Gasteiger partial charge in [0, 0.05) is 38.2 Å². The van der Waals surface area contributed by atoms with Crippen molar-refractivity contribution in [2.45, 2.75) is 29.8 Å². The quantitative estimate of drug-likeness (QED) is 0.482. The summed E-state index contributed by atoms with van der Waals surface area (Å²) in [6.07, 6.45) is 5.29. The van der Waals surface area contributed by atoms with Crippen molar-refractivity contribution < 1.29 is 23.1 Å². The van der Waals surface area contributed by atoms with Crippen LogP contribution in [-0.2, 0) is 16.6 Å². The van der Waals surface area contributed by atoms with E-state index in [4.69, 9.17) is 5.11 Å². The number of benzene rings is 1. The molecular weight excluding hydrogens is 446 g/mol. The second-order valence-corrected chi connectivity index (χ2v) is 10.5. The van der Waals surface area contributed by atoms with E-state index in [2.05, 4.69) is 15.6 Å². The maximum atomic E-state index is 13.2. The Kier molecular flexibility index (Phi) is 5.09. The minimum Gasteiger partial charge on any atom is -0.465 e. The second kappa shape index (κ2) is 7.85. The Hall–Kier alpha value is -3.44. The van der Waals surface area contributed by atoms with Crippen molar-refractivity contribution in [2.75, 3.05) is 13.1 Å². The van der Waals surface area contributed by atoms with E-state index in [1.165, 1.54) is 16.4 Å². The lowest BCUT2D eigenvalue weighted by atomic mass is 9.73. The number of nitrogens with one attached hydrogen (secondary N) is 2. The lowest BCUT2D eigenvalue weighted by Crippen LogP contribution is -2.55. The van der Waals surface area contributed by atoms with Crippen molar-refractivity contribution >= 4 is 27.7 Å². The lowest BCUT2D eigenvalue weighted by Gasteiger charge is -2.41. The van der Waals surface area contributed by atoms with Gasteiger partial charge in [0.05, 0.1) is 16.0 Å². The number of nitrogens with zero attached hydrogens (tertiary/aromatic N) is 3. The maximum absolute atomic E-state index is 13.2. The van der Waals surface area contributed by atoms with Crippen LogP contribution >= 0.6 is 0 Å². The van der Waals surface area contributed by atoms with Crippen LogP contribution in [0.15, 0.2) is 59.9 Å². The number of carboxylic acid groups (broad SMARTS) is 1. The van der Waals surface area contributed by atoms with Gasteiger partial charge in [0.2, 0.25) is 10.0 Å². The number of sulfonamides is 1. The van der Waals surface area contributed by atoms with E-state index in [1.807, 2.05) is 0 Å². The fourth-order valence-electron chi connectivity index (χ4n) is 4.85. The summed E-state index contributed by atoms with van der Waals surface area (Å²) in [5.41, 5.74) is 1.33. The SMILES string of the molecule is O=C(O)NCC12CC(CN1S(=O)(=O)c1ccc(CNC(=O)c3ccc4nccn4c3)cc1)C2. The number of fused-ring (bicyclic) bond motifs is 2. The minimum absolute atomic E-state index is 0.0903. The molecule has 6 rings (SSSR count). The van der Waals surface area contributed by atoms with Gasteiger partial charge in [-0.3, -0.25) is 4.79 Å². The smallest absolute Gasteiger partial charge is 0.404 e. The summed E-state index contributed by atoms with van der Waals surface area (Å²) in [5.74, 6) is 0.0263. The van der Waals surface area contributed by atoms with Crippen molar-refractivity contribution in [3.05, 3.63) is 66.1 Å². The van der Waals surface area contributed by atoms with Crippen molar-refractivity contribution in [3.8, 4) is 0 Å². The van der Waals surface area contributed by atoms with Crippen LogP contribution < -0.4 is 10.6 Å². The first-order valence-electron chi connectivity index (χ1n) is 10.6. The summed E-state index contributed by atoms with van der Waals surface area (Å²) >= 11 is 0. The van der Waals surface area contributed by atoms with E-state index in [0.717, 1.165) is 11.2 Å². The molecule has 0 radical (unpaired) electrons. The fraction of sp³-hybridized carbons (Fsp3) is 0.318. The van der Waals surface area contributed by atoms with E-state index in [-0.39, 0.29) is 29.8 Å². The zero-order valence-corrected chi connectivity index (χ0v) is 18.5. The van der Waals surface area contributed by atoms with Crippen LogP contribution in [0.5, 0.6) is 0 Å². The van der Waals surface area contributed by atoms with Crippen LogP contribution in [0, 0.1) is 5.92 Å². The first-order chi connectivity index (χ1) is 15.8. The van der Waals surface area contributed by atoms with Crippen molar-refractivity contribution in [1.82, 2.24) is 24.3 Å². The van der Waals surface area contributed by atoms with Crippen molar-refractivity contribution in [2.24, 2.45) is 5.92 Å². The zero-order chi connectivity index (χ0) is 23.2. The number of imidazole rings is 1. The molecule has 3 aromatic rings. The lowest BCUT2D eigenvalue weighted by molar-refractivity contribution is 0.0950. The minimum atomic E-state index is -3.75. The van der Waals surface area contributed by atoms with Crippen molar-refractivity contribution in [1.29, 1.82) is 0 Å². The highest BCUT2D eigenvalue weighted by Crippen LogP contribution is 2.52. The normalized spacial score (nSPS) is 22.1. The maximum Gasteiger partial charge on any atom is 0.404 e. The van der Waals surface area contributed by atoms with E-state index < -0.39 is 21.7 Å². The van der Waals surface area contributed by atoms with Crippen LogP contribution in [0.1, 0.15) is 28.8 Å². The third kappa shape index (κ3) is 3.83. The van der Waals surface area contributed by atoms with Gasteiger partial charge in [-0.15, -0.1) is 0 Å². The highest BCUT2D eigenvalue weighted by molar-refractivity contribution is 7.89. The summed E-state index contributed by atoms with van der Waals surface area (Å²) in [7, 11) is -3.75. The molecule has 172 valence electrons. The largest absolute Gasteiger partial charge is 0.465 e. The monoisotopic (exact) mass is 469 g/mol. The second-order valence-electron chi connectivity index (χ2n) is 8.63. The molecule has 1 aliphatic carbocycles.